The molecule has 0 unspecified atom stereocenters. The maximum absolute atomic E-state index is 9.61. The SMILES string of the molecule is C=CC(=N)N=S(=O)=O. The topological polar surface area (TPSA) is 70.3 Å². The Labute approximate surface area is 48.1 Å². The Kier molecular flexibility index (Phi) is 2.71. The van der Waals surface area contributed by atoms with E-state index in [9.17, 15) is 8.42 Å². The molecule has 1 N–H and O–H groups in total. The van der Waals surface area contributed by atoms with Gasteiger partial charge in [-0.1, -0.05) is 6.58 Å². The van der Waals surface area contributed by atoms with Crippen LogP contribution in [0.5, 0.6) is 0 Å². The van der Waals surface area contributed by atoms with Crippen molar-refractivity contribution in [3.05, 3.63) is 12.7 Å². The van der Waals surface area contributed by atoms with Crippen LogP contribution in [-0.4, -0.2) is 14.3 Å². The predicted octanol–water partition coefficient (Wildman–Crippen LogP) is 0.212. The molecule has 0 heterocycles. The summed E-state index contributed by atoms with van der Waals surface area (Å²) in [4.78, 5) is 0. The van der Waals surface area contributed by atoms with Crippen molar-refractivity contribution in [2.75, 3.05) is 0 Å². The zero-order valence-corrected chi connectivity index (χ0v) is 4.77. The van der Waals surface area contributed by atoms with Crippen molar-refractivity contribution in [3.8, 4) is 0 Å². The molecule has 0 saturated heterocycles. The third-order valence-electron chi connectivity index (χ3n) is 0.366. The first-order chi connectivity index (χ1) is 3.66. The number of nitrogens with zero attached hydrogens (tertiary/aromatic N) is 1. The van der Waals surface area contributed by atoms with Gasteiger partial charge in [-0.3, -0.25) is 5.41 Å². The van der Waals surface area contributed by atoms with E-state index in [-0.39, 0.29) is 5.84 Å². The second kappa shape index (κ2) is 3.09. The Morgan fingerprint density at radius 2 is 2.25 bits per heavy atom. The highest BCUT2D eigenvalue weighted by molar-refractivity contribution is 7.62. The van der Waals surface area contributed by atoms with Crippen molar-refractivity contribution in [1.82, 2.24) is 0 Å². The summed E-state index contributed by atoms with van der Waals surface area (Å²) in [5.41, 5.74) is 0. The van der Waals surface area contributed by atoms with Gasteiger partial charge in [-0.25, -0.2) is 0 Å². The van der Waals surface area contributed by atoms with Crippen molar-refractivity contribution in [2.24, 2.45) is 4.36 Å². The molecule has 0 aliphatic rings. The van der Waals surface area contributed by atoms with Crippen LogP contribution >= 0.6 is 0 Å². The molecule has 0 fully saturated rings. The third-order valence-corrected chi connectivity index (χ3v) is 0.712. The van der Waals surface area contributed by atoms with E-state index in [1.807, 2.05) is 0 Å². The molecule has 0 amide bonds. The van der Waals surface area contributed by atoms with Crippen LogP contribution in [0.25, 0.3) is 0 Å². The average molecular weight is 132 g/mol. The van der Waals surface area contributed by atoms with Gasteiger partial charge in [0.05, 0.1) is 0 Å². The molecule has 5 heteroatoms. The summed E-state index contributed by atoms with van der Waals surface area (Å²) < 4.78 is 22.0. The van der Waals surface area contributed by atoms with E-state index in [2.05, 4.69) is 10.9 Å². The summed E-state index contributed by atoms with van der Waals surface area (Å²) in [7, 11) is -2.52. The van der Waals surface area contributed by atoms with Gasteiger partial charge in [0.15, 0.2) is 5.84 Å². The number of hydrogen-bond donors (Lipinski definition) is 1. The van der Waals surface area contributed by atoms with E-state index < -0.39 is 10.5 Å². The summed E-state index contributed by atoms with van der Waals surface area (Å²) in [5.74, 6) is -0.349. The average Bonchev–Trinajstić information content (AvgIpc) is 1.65. The Bertz CT molecular complexity index is 218. The zero-order chi connectivity index (χ0) is 6.57. The monoisotopic (exact) mass is 132 g/mol. The smallest absolute Gasteiger partial charge is 0.282 e. The fraction of sp³-hybridized carbons (Fsp3) is 0. The van der Waals surface area contributed by atoms with Crippen LogP contribution < -0.4 is 0 Å². The fourth-order valence-electron chi connectivity index (χ4n) is 0.118. The van der Waals surface area contributed by atoms with Crippen LogP contribution in [0.4, 0.5) is 0 Å². The quantitative estimate of drug-likeness (QED) is 0.409. The maximum atomic E-state index is 9.61. The third kappa shape index (κ3) is 3.23. The van der Waals surface area contributed by atoms with Gasteiger partial charge in [0.1, 0.15) is 0 Å². The lowest BCUT2D eigenvalue weighted by Gasteiger charge is -1.71. The molecular weight excluding hydrogens is 128 g/mol. The lowest BCUT2D eigenvalue weighted by Crippen LogP contribution is -1.79. The number of amidine groups is 1. The molecule has 0 bridgehead atoms. The molecule has 0 aromatic heterocycles. The van der Waals surface area contributed by atoms with E-state index in [1.54, 1.807) is 0 Å². The normalized spacial score (nSPS) is 7.50. The van der Waals surface area contributed by atoms with Crippen molar-refractivity contribution < 1.29 is 8.42 Å². The van der Waals surface area contributed by atoms with Crippen molar-refractivity contribution >= 4 is 16.3 Å². The van der Waals surface area contributed by atoms with E-state index >= 15 is 0 Å². The molecule has 8 heavy (non-hydrogen) atoms. The molecule has 0 atom stereocenters. The predicted molar refractivity (Wildman–Crippen MR) is 29.3 cm³/mol. The van der Waals surface area contributed by atoms with E-state index in [1.165, 1.54) is 0 Å². The van der Waals surface area contributed by atoms with Gasteiger partial charge in [-0.2, -0.15) is 8.42 Å². The van der Waals surface area contributed by atoms with Gasteiger partial charge >= 0.3 is 10.5 Å². The Hall–Kier alpha value is -0.970. The summed E-state index contributed by atoms with van der Waals surface area (Å²) in [6, 6.07) is 0. The van der Waals surface area contributed by atoms with Crippen LogP contribution in [0, 0.1) is 5.41 Å². The molecule has 0 aromatic carbocycles. The van der Waals surface area contributed by atoms with Gasteiger partial charge in [0.25, 0.3) is 0 Å². The minimum absolute atomic E-state index is 0.349. The molecular formula is C3H4N2O2S. The standard InChI is InChI=1S/C3H4N2O2S/c1-2-3(4)5-8(6)7/h2,4H,1H2. The zero-order valence-electron chi connectivity index (χ0n) is 3.96. The van der Waals surface area contributed by atoms with Gasteiger partial charge in [0, 0.05) is 0 Å². The van der Waals surface area contributed by atoms with Crippen molar-refractivity contribution in [1.29, 1.82) is 5.41 Å². The number of hydrogen-bond acceptors (Lipinski definition) is 3. The summed E-state index contributed by atoms with van der Waals surface area (Å²) in [5, 5.41) is 6.59. The summed E-state index contributed by atoms with van der Waals surface area (Å²) in [6.07, 6.45) is 1.04. The molecule has 0 saturated carbocycles. The molecule has 44 valence electrons. The highest BCUT2D eigenvalue weighted by Gasteiger charge is 1.79. The largest absolute Gasteiger partial charge is 0.317 e. The Morgan fingerprint density at radius 3 is 2.38 bits per heavy atom. The molecule has 0 aliphatic carbocycles. The highest BCUT2D eigenvalue weighted by atomic mass is 32.2. The van der Waals surface area contributed by atoms with Gasteiger partial charge in [-0.05, 0) is 6.08 Å². The second-order valence-corrected chi connectivity index (χ2v) is 1.51. The Balaban J connectivity index is 4.34. The van der Waals surface area contributed by atoms with Crippen LogP contribution in [0.15, 0.2) is 17.0 Å². The lowest BCUT2D eigenvalue weighted by atomic mass is 10.6. The molecule has 0 spiro atoms. The van der Waals surface area contributed by atoms with Crippen LogP contribution in [0.3, 0.4) is 0 Å². The van der Waals surface area contributed by atoms with Crippen molar-refractivity contribution in [2.45, 2.75) is 0 Å². The molecule has 0 aliphatic heterocycles. The van der Waals surface area contributed by atoms with Gasteiger partial charge in [-0.15, -0.1) is 4.36 Å². The first-order valence-corrected chi connectivity index (χ1v) is 2.72. The van der Waals surface area contributed by atoms with Crippen LogP contribution in [-0.2, 0) is 10.5 Å². The van der Waals surface area contributed by atoms with Crippen molar-refractivity contribution in [3.63, 3.8) is 0 Å². The molecule has 0 rings (SSSR count). The number of nitrogens with one attached hydrogen (secondary N) is 1. The Morgan fingerprint density at radius 1 is 1.75 bits per heavy atom. The minimum Gasteiger partial charge on any atom is -0.282 e. The van der Waals surface area contributed by atoms with Gasteiger partial charge in [0.2, 0.25) is 0 Å². The summed E-state index contributed by atoms with van der Waals surface area (Å²) >= 11 is 0. The maximum Gasteiger partial charge on any atom is 0.317 e. The minimum atomic E-state index is -2.52. The van der Waals surface area contributed by atoms with Crippen LogP contribution in [0.2, 0.25) is 0 Å². The fourth-order valence-corrected chi connectivity index (χ4v) is 0.353. The highest BCUT2D eigenvalue weighted by Crippen LogP contribution is 1.72. The molecule has 0 radical (unpaired) electrons. The van der Waals surface area contributed by atoms with E-state index in [0.29, 0.717) is 0 Å². The van der Waals surface area contributed by atoms with E-state index in [4.69, 9.17) is 5.41 Å². The molecule has 0 aromatic rings. The first kappa shape index (κ1) is 7.03. The van der Waals surface area contributed by atoms with E-state index in [0.717, 1.165) is 6.08 Å². The first-order valence-electron chi connectivity index (χ1n) is 1.69. The lowest BCUT2D eigenvalue weighted by molar-refractivity contribution is 0.623. The van der Waals surface area contributed by atoms with Crippen LogP contribution in [0.1, 0.15) is 0 Å². The number of rotatable bonds is 1. The van der Waals surface area contributed by atoms with Gasteiger partial charge < -0.3 is 0 Å². The molecule has 4 nitrogen and oxygen atoms in total. The summed E-state index contributed by atoms with van der Waals surface area (Å²) in [6.45, 7) is 3.12. The second-order valence-electron chi connectivity index (χ2n) is 0.898.